The van der Waals surface area contributed by atoms with Gasteiger partial charge in [-0.3, -0.25) is 0 Å². The first-order valence-corrected chi connectivity index (χ1v) is 10.5. The molecule has 0 bridgehead atoms. The maximum Gasteiger partial charge on any atom is 0.119 e. The summed E-state index contributed by atoms with van der Waals surface area (Å²) < 4.78 is 11.5. The molecule has 0 unspecified atom stereocenters. The number of nitrogens with one attached hydrogen (secondary N) is 1. The number of benzene rings is 2. The van der Waals surface area contributed by atoms with Gasteiger partial charge in [0, 0.05) is 12.2 Å². The van der Waals surface area contributed by atoms with Crippen molar-refractivity contribution in [1.29, 1.82) is 0 Å². The summed E-state index contributed by atoms with van der Waals surface area (Å²) in [6, 6.07) is 16.6. The molecule has 2 aromatic carbocycles. The largest absolute Gasteiger partial charge is 0.494 e. The topological polar surface area (TPSA) is 30.5 Å². The second-order valence-corrected chi connectivity index (χ2v) is 6.99. The predicted molar refractivity (Wildman–Crippen MR) is 115 cm³/mol. The number of hydrogen-bond donors (Lipinski definition) is 1. The van der Waals surface area contributed by atoms with Gasteiger partial charge in [-0.05, 0) is 54.8 Å². The Hall–Kier alpha value is -2.16. The van der Waals surface area contributed by atoms with Gasteiger partial charge in [0.1, 0.15) is 11.5 Å². The molecule has 0 saturated carbocycles. The van der Waals surface area contributed by atoms with Gasteiger partial charge in [-0.25, -0.2) is 0 Å². The van der Waals surface area contributed by atoms with Gasteiger partial charge in [0.25, 0.3) is 0 Å². The van der Waals surface area contributed by atoms with E-state index in [1.54, 1.807) is 0 Å². The van der Waals surface area contributed by atoms with Crippen LogP contribution < -0.4 is 14.8 Å². The summed E-state index contributed by atoms with van der Waals surface area (Å²) in [6.07, 6.45) is 8.50. The minimum absolute atomic E-state index is 0.799. The Kier molecular flexibility index (Phi) is 10.2. The molecule has 0 aliphatic rings. The van der Waals surface area contributed by atoms with Crippen molar-refractivity contribution in [3.8, 4) is 11.5 Å². The monoisotopic (exact) mass is 369 g/mol. The smallest absolute Gasteiger partial charge is 0.119 e. The predicted octanol–water partition coefficient (Wildman–Crippen LogP) is 6.83. The van der Waals surface area contributed by atoms with Crippen LogP contribution in [0.25, 0.3) is 0 Å². The lowest BCUT2D eigenvalue weighted by Crippen LogP contribution is -2.01. The van der Waals surface area contributed by atoms with Crippen LogP contribution in [0.15, 0.2) is 48.5 Å². The van der Waals surface area contributed by atoms with Crippen LogP contribution in [0.5, 0.6) is 11.5 Å². The molecule has 2 aromatic rings. The molecule has 0 atom stereocenters. The average molecular weight is 370 g/mol. The molecule has 0 fully saturated rings. The van der Waals surface area contributed by atoms with Gasteiger partial charge in [0.2, 0.25) is 0 Å². The van der Waals surface area contributed by atoms with Crippen LogP contribution in [0.4, 0.5) is 5.69 Å². The van der Waals surface area contributed by atoms with Crippen molar-refractivity contribution in [2.75, 3.05) is 18.5 Å². The Labute approximate surface area is 165 Å². The van der Waals surface area contributed by atoms with Gasteiger partial charge in [-0.1, -0.05) is 58.1 Å². The third-order valence-corrected chi connectivity index (χ3v) is 4.56. The highest BCUT2D eigenvalue weighted by atomic mass is 16.5. The van der Waals surface area contributed by atoms with Crippen LogP contribution >= 0.6 is 0 Å². The van der Waals surface area contributed by atoms with Crippen LogP contribution in [0.3, 0.4) is 0 Å². The van der Waals surface area contributed by atoms with E-state index in [1.165, 1.54) is 37.7 Å². The first-order chi connectivity index (χ1) is 13.3. The first kappa shape index (κ1) is 21.1. The van der Waals surface area contributed by atoms with Gasteiger partial charge in [0.15, 0.2) is 0 Å². The molecular formula is C24H35NO2. The molecule has 0 aromatic heterocycles. The summed E-state index contributed by atoms with van der Waals surface area (Å²) in [4.78, 5) is 0. The van der Waals surface area contributed by atoms with Crippen LogP contribution in [0.1, 0.15) is 64.4 Å². The second-order valence-electron chi connectivity index (χ2n) is 6.99. The van der Waals surface area contributed by atoms with Gasteiger partial charge in [-0.2, -0.15) is 0 Å². The highest BCUT2D eigenvalue weighted by molar-refractivity contribution is 5.47. The fourth-order valence-corrected chi connectivity index (χ4v) is 2.84. The maximum absolute atomic E-state index is 5.79. The third kappa shape index (κ3) is 8.85. The summed E-state index contributed by atoms with van der Waals surface area (Å²) in [7, 11) is 0. The zero-order valence-electron chi connectivity index (χ0n) is 17.0. The van der Waals surface area contributed by atoms with E-state index in [1.807, 2.05) is 12.1 Å². The number of anilines is 1. The molecule has 3 nitrogen and oxygen atoms in total. The lowest BCUT2D eigenvalue weighted by atomic mass is 10.2. The molecule has 148 valence electrons. The standard InChI is InChI=1S/C24H35NO2/c1-3-5-7-9-19-27-24-16-12-22(13-17-24)25-20-21-10-14-23(15-11-21)26-18-8-6-4-2/h10-17,25H,3-9,18-20H2,1-2H3. The molecular weight excluding hydrogens is 334 g/mol. The number of ether oxygens (including phenoxy) is 2. The molecule has 0 heterocycles. The normalized spacial score (nSPS) is 10.6. The molecule has 3 heteroatoms. The van der Waals surface area contributed by atoms with Crippen molar-refractivity contribution in [3.05, 3.63) is 54.1 Å². The van der Waals surface area contributed by atoms with Gasteiger partial charge in [-0.15, -0.1) is 0 Å². The Morgan fingerprint density at radius 2 is 1.15 bits per heavy atom. The van der Waals surface area contributed by atoms with Crippen molar-refractivity contribution >= 4 is 5.69 Å². The van der Waals surface area contributed by atoms with Gasteiger partial charge in [0.05, 0.1) is 13.2 Å². The molecule has 27 heavy (non-hydrogen) atoms. The number of hydrogen-bond acceptors (Lipinski definition) is 3. The zero-order chi connectivity index (χ0) is 19.2. The fourth-order valence-electron chi connectivity index (χ4n) is 2.84. The summed E-state index contributed by atoms with van der Waals surface area (Å²) in [5.74, 6) is 1.90. The minimum Gasteiger partial charge on any atom is -0.494 e. The summed E-state index contributed by atoms with van der Waals surface area (Å²) in [5.41, 5.74) is 2.35. The molecule has 0 saturated heterocycles. The van der Waals surface area contributed by atoms with Crippen molar-refractivity contribution < 1.29 is 9.47 Å². The fraction of sp³-hybridized carbons (Fsp3) is 0.500. The molecule has 0 spiro atoms. The van der Waals surface area contributed by atoms with E-state index < -0.39 is 0 Å². The zero-order valence-corrected chi connectivity index (χ0v) is 17.0. The van der Waals surface area contributed by atoms with Gasteiger partial charge >= 0.3 is 0 Å². The Morgan fingerprint density at radius 1 is 0.630 bits per heavy atom. The molecule has 1 N–H and O–H groups in total. The Balaban J connectivity index is 1.68. The Morgan fingerprint density at radius 3 is 1.74 bits per heavy atom. The van der Waals surface area contributed by atoms with E-state index in [0.717, 1.165) is 49.8 Å². The average Bonchev–Trinajstić information content (AvgIpc) is 2.71. The SMILES string of the molecule is CCCCCCOc1ccc(NCc2ccc(OCCCCC)cc2)cc1. The van der Waals surface area contributed by atoms with Gasteiger partial charge < -0.3 is 14.8 Å². The van der Waals surface area contributed by atoms with E-state index in [2.05, 4.69) is 55.6 Å². The molecule has 0 aliphatic heterocycles. The van der Waals surface area contributed by atoms with Crippen molar-refractivity contribution in [3.63, 3.8) is 0 Å². The lowest BCUT2D eigenvalue weighted by molar-refractivity contribution is 0.305. The van der Waals surface area contributed by atoms with Crippen molar-refractivity contribution in [2.24, 2.45) is 0 Å². The highest BCUT2D eigenvalue weighted by Crippen LogP contribution is 2.18. The van der Waals surface area contributed by atoms with E-state index in [0.29, 0.717) is 0 Å². The summed E-state index contributed by atoms with van der Waals surface area (Å²) >= 11 is 0. The van der Waals surface area contributed by atoms with Crippen molar-refractivity contribution in [1.82, 2.24) is 0 Å². The second kappa shape index (κ2) is 13.1. The van der Waals surface area contributed by atoms with E-state index in [9.17, 15) is 0 Å². The van der Waals surface area contributed by atoms with Crippen LogP contribution in [0.2, 0.25) is 0 Å². The van der Waals surface area contributed by atoms with E-state index in [4.69, 9.17) is 9.47 Å². The van der Waals surface area contributed by atoms with E-state index in [-0.39, 0.29) is 0 Å². The van der Waals surface area contributed by atoms with Crippen LogP contribution in [-0.2, 0) is 6.54 Å². The summed E-state index contributed by atoms with van der Waals surface area (Å²) in [5, 5.41) is 3.46. The number of rotatable bonds is 14. The molecule has 2 rings (SSSR count). The summed E-state index contributed by atoms with van der Waals surface area (Å²) in [6.45, 7) is 6.84. The molecule has 0 aliphatic carbocycles. The highest BCUT2D eigenvalue weighted by Gasteiger charge is 1.99. The van der Waals surface area contributed by atoms with Crippen molar-refractivity contribution in [2.45, 2.75) is 65.3 Å². The lowest BCUT2D eigenvalue weighted by Gasteiger charge is -2.10. The van der Waals surface area contributed by atoms with E-state index >= 15 is 0 Å². The maximum atomic E-state index is 5.79. The minimum atomic E-state index is 0.799. The quantitative estimate of drug-likeness (QED) is 0.370. The molecule has 0 radical (unpaired) electrons. The molecule has 0 amide bonds. The third-order valence-electron chi connectivity index (χ3n) is 4.56. The number of unbranched alkanes of at least 4 members (excludes halogenated alkanes) is 5. The first-order valence-electron chi connectivity index (χ1n) is 10.5. The Bertz CT molecular complexity index is 607. The van der Waals surface area contributed by atoms with Crippen LogP contribution in [-0.4, -0.2) is 13.2 Å². The van der Waals surface area contributed by atoms with Crippen LogP contribution in [0, 0.1) is 0 Å².